The highest BCUT2D eigenvalue weighted by atomic mass is 35.5. The molecule has 1 unspecified atom stereocenters. The Bertz CT molecular complexity index is 171. The molecule has 0 spiro atoms. The van der Waals surface area contributed by atoms with Crippen LogP contribution in [0.4, 0.5) is 0 Å². The molecule has 0 saturated carbocycles. The van der Waals surface area contributed by atoms with Crippen LogP contribution in [-0.2, 0) is 9.53 Å². The number of nitrogens with one attached hydrogen (secondary N) is 1. The first-order valence-electron chi connectivity index (χ1n) is 4.75. The second-order valence-corrected chi connectivity index (χ2v) is 3.54. The maximum absolute atomic E-state index is 10.3. The lowest BCUT2D eigenvalue weighted by Gasteiger charge is -2.14. The minimum absolute atomic E-state index is 0. The summed E-state index contributed by atoms with van der Waals surface area (Å²) in [4.78, 5) is 10.3. The van der Waals surface area contributed by atoms with Gasteiger partial charge in [-0.3, -0.25) is 4.79 Å². The van der Waals surface area contributed by atoms with Gasteiger partial charge in [-0.25, -0.2) is 0 Å². The van der Waals surface area contributed by atoms with E-state index in [9.17, 15) is 4.79 Å². The van der Waals surface area contributed by atoms with Crippen molar-refractivity contribution in [3.05, 3.63) is 0 Å². The highest BCUT2D eigenvalue weighted by Gasteiger charge is 2.16. The van der Waals surface area contributed by atoms with Gasteiger partial charge in [-0.2, -0.15) is 0 Å². The second kappa shape index (κ2) is 7.04. The molecule has 0 aliphatic carbocycles. The molecule has 1 heterocycles. The minimum Gasteiger partial charge on any atom is -0.481 e. The fraction of sp³-hybridized carbons (Fsp3) is 0.889. The van der Waals surface area contributed by atoms with Crippen LogP contribution < -0.4 is 5.32 Å². The number of aliphatic carboxylic acids is 1. The average molecular weight is 224 g/mol. The lowest BCUT2D eigenvalue weighted by molar-refractivity contribution is -0.139. The topological polar surface area (TPSA) is 58.6 Å². The molecule has 0 amide bonds. The summed E-state index contributed by atoms with van der Waals surface area (Å²) >= 11 is 0. The number of carboxylic acids is 1. The average Bonchev–Trinajstić information content (AvgIpc) is 2.51. The lowest BCUT2D eigenvalue weighted by Crippen LogP contribution is -2.29. The van der Waals surface area contributed by atoms with Crippen molar-refractivity contribution in [3.63, 3.8) is 0 Å². The number of ether oxygens (including phenoxy) is 1. The van der Waals surface area contributed by atoms with E-state index >= 15 is 0 Å². The maximum atomic E-state index is 10.3. The van der Waals surface area contributed by atoms with Crippen LogP contribution in [0.2, 0.25) is 0 Å². The van der Waals surface area contributed by atoms with Gasteiger partial charge in [-0.1, -0.05) is 0 Å². The molecule has 0 aromatic rings. The molecule has 0 bridgehead atoms. The summed E-state index contributed by atoms with van der Waals surface area (Å²) in [6, 6.07) is 0.427. The first kappa shape index (κ1) is 13.7. The van der Waals surface area contributed by atoms with Gasteiger partial charge in [0.1, 0.15) is 0 Å². The molecule has 1 saturated heterocycles. The molecule has 1 fully saturated rings. The quantitative estimate of drug-likeness (QED) is 0.731. The zero-order valence-corrected chi connectivity index (χ0v) is 9.18. The van der Waals surface area contributed by atoms with Gasteiger partial charge in [0, 0.05) is 6.04 Å². The van der Waals surface area contributed by atoms with Gasteiger partial charge in [-0.15, -0.1) is 12.4 Å². The standard InChI is InChI=1S/C9H17NO3.ClH/c1-7(5-9(11)12)13-6-8-3-2-4-10-8;/h7-8,10H,2-6H2,1H3,(H,11,12);1H/t7?,8-;/m0./s1. The van der Waals surface area contributed by atoms with Gasteiger partial charge in [0.05, 0.1) is 19.1 Å². The fourth-order valence-corrected chi connectivity index (χ4v) is 1.48. The fourth-order valence-electron chi connectivity index (χ4n) is 1.48. The number of carbonyl (C=O) groups is 1. The summed E-state index contributed by atoms with van der Waals surface area (Å²) in [6.07, 6.45) is 2.24. The molecule has 2 N–H and O–H groups in total. The molecule has 4 nitrogen and oxygen atoms in total. The first-order valence-corrected chi connectivity index (χ1v) is 4.75. The van der Waals surface area contributed by atoms with E-state index in [0.29, 0.717) is 12.6 Å². The van der Waals surface area contributed by atoms with Gasteiger partial charge in [0.25, 0.3) is 0 Å². The number of hydrogen-bond donors (Lipinski definition) is 2. The highest BCUT2D eigenvalue weighted by molar-refractivity contribution is 5.85. The Morgan fingerprint density at radius 2 is 2.43 bits per heavy atom. The van der Waals surface area contributed by atoms with Crippen LogP contribution >= 0.6 is 12.4 Å². The van der Waals surface area contributed by atoms with Crippen molar-refractivity contribution in [1.29, 1.82) is 0 Å². The molecule has 1 aliphatic rings. The monoisotopic (exact) mass is 223 g/mol. The predicted molar refractivity (Wildman–Crippen MR) is 55.9 cm³/mol. The summed E-state index contributed by atoms with van der Waals surface area (Å²) in [5.41, 5.74) is 0. The van der Waals surface area contributed by atoms with E-state index in [0.717, 1.165) is 13.0 Å². The van der Waals surface area contributed by atoms with E-state index in [4.69, 9.17) is 9.84 Å². The molecule has 84 valence electrons. The normalized spacial score (nSPS) is 22.8. The van der Waals surface area contributed by atoms with Crippen molar-refractivity contribution in [1.82, 2.24) is 5.32 Å². The van der Waals surface area contributed by atoms with Crippen molar-refractivity contribution in [2.24, 2.45) is 0 Å². The van der Waals surface area contributed by atoms with Crippen molar-refractivity contribution in [2.45, 2.75) is 38.3 Å². The molecule has 0 aromatic carbocycles. The molecule has 1 aliphatic heterocycles. The second-order valence-electron chi connectivity index (χ2n) is 3.54. The summed E-state index contributed by atoms with van der Waals surface area (Å²) in [6.45, 7) is 3.48. The first-order chi connectivity index (χ1) is 6.18. The van der Waals surface area contributed by atoms with Crippen molar-refractivity contribution < 1.29 is 14.6 Å². The Hall–Kier alpha value is -0.320. The van der Waals surface area contributed by atoms with E-state index in [1.54, 1.807) is 6.92 Å². The lowest BCUT2D eigenvalue weighted by atomic mass is 10.2. The van der Waals surface area contributed by atoms with Gasteiger partial charge in [-0.05, 0) is 26.3 Å². The van der Waals surface area contributed by atoms with E-state index in [2.05, 4.69) is 5.32 Å². The third-order valence-electron chi connectivity index (χ3n) is 2.21. The summed E-state index contributed by atoms with van der Waals surface area (Å²) in [5.74, 6) is -0.799. The number of halogens is 1. The van der Waals surface area contributed by atoms with Gasteiger partial charge in [0.15, 0.2) is 0 Å². The molecule has 0 radical (unpaired) electrons. The predicted octanol–water partition coefficient (Wildman–Crippen LogP) is 1.04. The van der Waals surface area contributed by atoms with Crippen LogP contribution in [0, 0.1) is 0 Å². The maximum Gasteiger partial charge on any atom is 0.305 e. The Morgan fingerprint density at radius 3 is 2.93 bits per heavy atom. The SMILES string of the molecule is CC(CC(=O)O)OC[C@@H]1CCCN1.Cl. The molecule has 1 rings (SSSR count). The van der Waals surface area contributed by atoms with Crippen LogP contribution in [0.3, 0.4) is 0 Å². The molecular weight excluding hydrogens is 206 g/mol. The number of carboxylic acid groups (broad SMARTS) is 1. The van der Waals surface area contributed by atoms with Gasteiger partial charge < -0.3 is 15.2 Å². The van der Waals surface area contributed by atoms with Crippen LogP contribution in [0.5, 0.6) is 0 Å². The molecular formula is C9H18ClNO3. The highest BCUT2D eigenvalue weighted by Crippen LogP contribution is 2.07. The Labute approximate surface area is 90.4 Å². The van der Waals surface area contributed by atoms with Crippen molar-refractivity contribution in [3.8, 4) is 0 Å². The zero-order chi connectivity index (χ0) is 9.68. The van der Waals surface area contributed by atoms with Crippen LogP contribution in [0.15, 0.2) is 0 Å². The van der Waals surface area contributed by atoms with Crippen molar-refractivity contribution in [2.75, 3.05) is 13.2 Å². The minimum atomic E-state index is -0.799. The molecule has 5 heteroatoms. The Morgan fingerprint density at radius 1 is 1.71 bits per heavy atom. The number of hydrogen-bond acceptors (Lipinski definition) is 3. The van der Waals surface area contributed by atoms with E-state index < -0.39 is 5.97 Å². The number of rotatable bonds is 5. The largest absolute Gasteiger partial charge is 0.481 e. The van der Waals surface area contributed by atoms with Crippen LogP contribution in [0.1, 0.15) is 26.2 Å². The third-order valence-corrected chi connectivity index (χ3v) is 2.21. The Kier molecular flexibility index (Phi) is 6.87. The summed E-state index contributed by atoms with van der Waals surface area (Å²) in [5, 5.41) is 11.8. The summed E-state index contributed by atoms with van der Waals surface area (Å²) in [7, 11) is 0. The smallest absolute Gasteiger partial charge is 0.305 e. The summed E-state index contributed by atoms with van der Waals surface area (Å²) < 4.78 is 5.39. The molecule has 0 aromatic heterocycles. The van der Waals surface area contributed by atoms with E-state index in [1.165, 1.54) is 6.42 Å². The van der Waals surface area contributed by atoms with Crippen molar-refractivity contribution >= 4 is 18.4 Å². The van der Waals surface area contributed by atoms with Crippen LogP contribution in [0.25, 0.3) is 0 Å². The van der Waals surface area contributed by atoms with E-state index in [-0.39, 0.29) is 24.9 Å². The zero-order valence-electron chi connectivity index (χ0n) is 8.36. The Balaban J connectivity index is 0.00000169. The van der Waals surface area contributed by atoms with Gasteiger partial charge >= 0.3 is 5.97 Å². The molecule has 14 heavy (non-hydrogen) atoms. The molecule has 2 atom stereocenters. The van der Waals surface area contributed by atoms with Gasteiger partial charge in [0.2, 0.25) is 0 Å². The van der Waals surface area contributed by atoms with Crippen LogP contribution in [-0.4, -0.2) is 36.4 Å². The third kappa shape index (κ3) is 5.42. The van der Waals surface area contributed by atoms with E-state index in [1.807, 2.05) is 0 Å².